The van der Waals surface area contributed by atoms with Crippen molar-refractivity contribution in [1.29, 1.82) is 0 Å². The maximum atomic E-state index is 11.4. The summed E-state index contributed by atoms with van der Waals surface area (Å²) >= 11 is 17.3. The topological polar surface area (TPSA) is 69.4 Å². The molecule has 0 fully saturated rings. The van der Waals surface area contributed by atoms with E-state index in [1.54, 1.807) is 6.92 Å². The number of nitro benzene ring substituents is 1. The van der Waals surface area contributed by atoms with Crippen LogP contribution in [0, 0.1) is 10.1 Å². The quantitative estimate of drug-likeness (QED) is 0.368. The lowest BCUT2D eigenvalue weighted by molar-refractivity contribution is -0.385. The van der Waals surface area contributed by atoms with Crippen molar-refractivity contribution in [3.05, 3.63) is 36.8 Å². The molecule has 0 aliphatic carbocycles. The van der Waals surface area contributed by atoms with Gasteiger partial charge in [-0.2, -0.15) is 0 Å². The van der Waals surface area contributed by atoms with E-state index in [2.05, 4.69) is 0 Å². The summed E-state index contributed by atoms with van der Waals surface area (Å²) in [4.78, 5) is 21.6. The van der Waals surface area contributed by atoms with Gasteiger partial charge < -0.3 is 4.74 Å². The fraction of sp³-hybridized carbons (Fsp3) is 0.300. The minimum absolute atomic E-state index is 0.0439. The monoisotopic (exact) mass is 311 g/mol. The molecular weight excluding hydrogens is 304 g/mol. The van der Waals surface area contributed by atoms with Crippen LogP contribution in [0.5, 0.6) is 0 Å². The summed E-state index contributed by atoms with van der Waals surface area (Å²) in [6.07, 6.45) is -0.358. The standard InChI is InChI=1S/C10H8Cl3NO4/c1-2-18-8(15)3-5-9(13)6(11)4-7(12)10(5)14(16)17/h4H,2-3H2,1H3. The van der Waals surface area contributed by atoms with Crippen LogP contribution in [0.15, 0.2) is 6.07 Å². The van der Waals surface area contributed by atoms with Crippen LogP contribution in [-0.4, -0.2) is 17.5 Å². The van der Waals surface area contributed by atoms with Crippen LogP contribution in [0.3, 0.4) is 0 Å². The molecule has 0 saturated heterocycles. The van der Waals surface area contributed by atoms with Gasteiger partial charge in [0.25, 0.3) is 5.69 Å². The maximum absolute atomic E-state index is 11.4. The molecule has 0 unspecified atom stereocenters. The minimum Gasteiger partial charge on any atom is -0.466 e. The third kappa shape index (κ3) is 3.25. The molecule has 0 spiro atoms. The molecule has 18 heavy (non-hydrogen) atoms. The van der Waals surface area contributed by atoms with Gasteiger partial charge in [-0.15, -0.1) is 0 Å². The van der Waals surface area contributed by atoms with Gasteiger partial charge in [0.1, 0.15) is 5.02 Å². The van der Waals surface area contributed by atoms with E-state index in [4.69, 9.17) is 39.5 Å². The Balaban J connectivity index is 3.30. The molecule has 0 aliphatic rings. The maximum Gasteiger partial charge on any atom is 0.310 e. The van der Waals surface area contributed by atoms with E-state index < -0.39 is 16.6 Å². The Hall–Kier alpha value is -1.04. The number of hydrogen-bond donors (Lipinski definition) is 0. The number of hydrogen-bond acceptors (Lipinski definition) is 4. The Morgan fingerprint density at radius 2 is 2.00 bits per heavy atom. The van der Waals surface area contributed by atoms with E-state index in [1.807, 2.05) is 0 Å². The lowest BCUT2D eigenvalue weighted by atomic mass is 10.1. The lowest BCUT2D eigenvalue weighted by Crippen LogP contribution is -2.10. The van der Waals surface area contributed by atoms with Gasteiger partial charge in [-0.05, 0) is 13.0 Å². The second kappa shape index (κ2) is 6.22. The van der Waals surface area contributed by atoms with Gasteiger partial charge in [-0.25, -0.2) is 0 Å². The van der Waals surface area contributed by atoms with E-state index >= 15 is 0 Å². The van der Waals surface area contributed by atoms with Crippen molar-refractivity contribution in [2.45, 2.75) is 13.3 Å². The summed E-state index contributed by atoms with van der Waals surface area (Å²) < 4.78 is 4.71. The second-order valence-electron chi connectivity index (χ2n) is 3.22. The summed E-state index contributed by atoms with van der Waals surface area (Å²) in [7, 11) is 0. The molecule has 0 aliphatic heterocycles. The van der Waals surface area contributed by atoms with E-state index in [0.717, 1.165) is 6.07 Å². The number of rotatable bonds is 4. The van der Waals surface area contributed by atoms with Gasteiger partial charge in [0.05, 0.1) is 33.6 Å². The fourth-order valence-corrected chi connectivity index (χ4v) is 2.13. The highest BCUT2D eigenvalue weighted by Crippen LogP contribution is 2.39. The van der Waals surface area contributed by atoms with Gasteiger partial charge in [-0.1, -0.05) is 34.8 Å². The molecule has 0 atom stereocenters. The van der Waals surface area contributed by atoms with Crippen LogP contribution >= 0.6 is 34.8 Å². The molecule has 0 radical (unpaired) electrons. The van der Waals surface area contributed by atoms with Gasteiger partial charge in [0.2, 0.25) is 0 Å². The number of ether oxygens (including phenoxy) is 1. The molecule has 1 aromatic rings. The van der Waals surface area contributed by atoms with E-state index in [1.165, 1.54) is 0 Å². The third-order valence-corrected chi connectivity index (χ3v) is 3.16. The number of carbonyl (C=O) groups is 1. The zero-order chi connectivity index (χ0) is 13.9. The molecule has 1 aromatic carbocycles. The smallest absolute Gasteiger partial charge is 0.310 e. The molecule has 0 bridgehead atoms. The molecule has 0 N–H and O–H groups in total. The summed E-state index contributed by atoms with van der Waals surface area (Å²) in [5, 5.41) is 10.7. The average Bonchev–Trinajstić information content (AvgIpc) is 2.25. The highest BCUT2D eigenvalue weighted by Gasteiger charge is 2.26. The number of esters is 1. The summed E-state index contributed by atoms with van der Waals surface area (Å²) in [6, 6.07) is 1.16. The SMILES string of the molecule is CCOC(=O)Cc1c(Cl)c(Cl)cc(Cl)c1[N+](=O)[O-]. The average molecular weight is 313 g/mol. The van der Waals surface area contributed by atoms with Crippen molar-refractivity contribution >= 4 is 46.5 Å². The first kappa shape index (κ1) is 15.0. The Kier molecular flexibility index (Phi) is 5.19. The van der Waals surface area contributed by atoms with Crippen molar-refractivity contribution in [3.8, 4) is 0 Å². The van der Waals surface area contributed by atoms with Gasteiger partial charge >= 0.3 is 5.97 Å². The molecular formula is C10H8Cl3NO4. The zero-order valence-electron chi connectivity index (χ0n) is 9.21. The largest absolute Gasteiger partial charge is 0.466 e. The Morgan fingerprint density at radius 1 is 1.39 bits per heavy atom. The second-order valence-corrected chi connectivity index (χ2v) is 4.41. The fourth-order valence-electron chi connectivity index (χ4n) is 1.35. The van der Waals surface area contributed by atoms with Crippen molar-refractivity contribution < 1.29 is 14.5 Å². The van der Waals surface area contributed by atoms with Crippen molar-refractivity contribution in [2.24, 2.45) is 0 Å². The molecule has 0 heterocycles. The zero-order valence-corrected chi connectivity index (χ0v) is 11.5. The predicted octanol–water partition coefficient (Wildman–Crippen LogP) is 3.66. The first-order chi connectivity index (χ1) is 8.38. The van der Waals surface area contributed by atoms with Crippen molar-refractivity contribution in [1.82, 2.24) is 0 Å². The molecule has 5 nitrogen and oxygen atoms in total. The summed E-state index contributed by atoms with van der Waals surface area (Å²) in [6.45, 7) is 1.79. The predicted molar refractivity (Wildman–Crippen MR) is 68.5 cm³/mol. The highest BCUT2D eigenvalue weighted by atomic mass is 35.5. The first-order valence-electron chi connectivity index (χ1n) is 4.84. The highest BCUT2D eigenvalue weighted by molar-refractivity contribution is 6.44. The van der Waals surface area contributed by atoms with Gasteiger partial charge in [-0.3, -0.25) is 14.9 Å². The molecule has 8 heteroatoms. The van der Waals surface area contributed by atoms with Gasteiger partial charge in [0.15, 0.2) is 0 Å². The lowest BCUT2D eigenvalue weighted by Gasteiger charge is -2.08. The van der Waals surface area contributed by atoms with Crippen LogP contribution in [0.25, 0.3) is 0 Å². The first-order valence-corrected chi connectivity index (χ1v) is 5.98. The van der Waals surface area contributed by atoms with E-state index in [9.17, 15) is 14.9 Å². The summed E-state index contributed by atoms with van der Waals surface area (Å²) in [5.41, 5.74) is -0.475. The molecule has 0 amide bonds. The molecule has 0 saturated carbocycles. The Labute approximate surface area is 118 Å². The summed E-state index contributed by atoms with van der Waals surface area (Å²) in [5.74, 6) is -0.638. The Bertz CT molecular complexity index is 504. The number of benzene rings is 1. The molecule has 98 valence electrons. The van der Waals surface area contributed by atoms with Crippen LogP contribution in [0.2, 0.25) is 15.1 Å². The minimum atomic E-state index is -0.709. The number of nitrogens with zero attached hydrogens (tertiary/aromatic N) is 1. The van der Waals surface area contributed by atoms with E-state index in [-0.39, 0.29) is 33.7 Å². The number of halogens is 3. The molecule has 0 aromatic heterocycles. The molecule has 1 rings (SSSR count). The van der Waals surface area contributed by atoms with Crippen LogP contribution in [0.4, 0.5) is 5.69 Å². The number of nitro groups is 1. The normalized spacial score (nSPS) is 10.2. The van der Waals surface area contributed by atoms with Crippen molar-refractivity contribution in [2.75, 3.05) is 6.61 Å². The van der Waals surface area contributed by atoms with Crippen LogP contribution in [-0.2, 0) is 16.0 Å². The van der Waals surface area contributed by atoms with Crippen LogP contribution in [0.1, 0.15) is 12.5 Å². The van der Waals surface area contributed by atoms with Crippen LogP contribution < -0.4 is 0 Å². The van der Waals surface area contributed by atoms with Crippen molar-refractivity contribution in [3.63, 3.8) is 0 Å². The van der Waals surface area contributed by atoms with Gasteiger partial charge in [0, 0.05) is 0 Å². The number of carbonyl (C=O) groups excluding carboxylic acids is 1. The van der Waals surface area contributed by atoms with E-state index in [0.29, 0.717) is 0 Å². The third-order valence-electron chi connectivity index (χ3n) is 2.05. The Morgan fingerprint density at radius 3 is 2.50 bits per heavy atom.